The van der Waals surface area contributed by atoms with Gasteiger partial charge in [-0.15, -0.1) is 0 Å². The van der Waals surface area contributed by atoms with Gasteiger partial charge in [-0.05, 0) is 46.1 Å². The molecule has 0 spiro atoms. The minimum atomic E-state index is -0.431. The molecule has 1 unspecified atom stereocenters. The number of benzene rings is 1. The lowest BCUT2D eigenvalue weighted by atomic mass is 10.2. The average molecular weight is 238 g/mol. The molecule has 0 N–H and O–H groups in total. The first-order valence-electron chi connectivity index (χ1n) is 3.27. The molecular formula is C7H5Cl2NS2. The summed E-state index contributed by atoms with van der Waals surface area (Å²) in [6, 6.07) is 3.90. The van der Waals surface area contributed by atoms with Crippen molar-refractivity contribution in [3.05, 3.63) is 22.7 Å². The molecule has 5 heteroatoms. The standard InChI is InChI=1S/C7H5Cl2NS2/c1-4-2-6-7(3-5(4)8)11-12(9)10-6/h2-3H,1H3. The van der Waals surface area contributed by atoms with Crippen LogP contribution in [0.15, 0.2) is 21.4 Å². The highest BCUT2D eigenvalue weighted by molar-refractivity contribution is 8.78. The highest BCUT2D eigenvalue weighted by Crippen LogP contribution is 2.44. The molecule has 0 bridgehead atoms. The highest BCUT2D eigenvalue weighted by atomic mass is 35.7. The lowest BCUT2D eigenvalue weighted by Crippen LogP contribution is -1.75. The van der Waals surface area contributed by atoms with Crippen LogP contribution in [-0.4, -0.2) is 0 Å². The van der Waals surface area contributed by atoms with Crippen LogP contribution in [0.2, 0.25) is 5.02 Å². The van der Waals surface area contributed by atoms with Crippen LogP contribution in [0.4, 0.5) is 5.69 Å². The van der Waals surface area contributed by atoms with Gasteiger partial charge in [0.05, 0.1) is 14.6 Å². The van der Waals surface area contributed by atoms with Crippen LogP contribution in [0.3, 0.4) is 0 Å². The predicted octanol–water partition coefficient (Wildman–Crippen LogP) is 4.26. The van der Waals surface area contributed by atoms with E-state index in [-0.39, 0.29) is 0 Å². The number of hydrogen-bond acceptors (Lipinski definition) is 2. The van der Waals surface area contributed by atoms with Gasteiger partial charge in [-0.1, -0.05) is 11.6 Å². The highest BCUT2D eigenvalue weighted by Gasteiger charge is 2.14. The van der Waals surface area contributed by atoms with Gasteiger partial charge < -0.3 is 0 Å². The molecule has 1 aromatic rings. The molecule has 1 atom stereocenters. The van der Waals surface area contributed by atoms with E-state index >= 15 is 0 Å². The lowest BCUT2D eigenvalue weighted by Gasteiger charge is -1.99. The number of nitrogens with zero attached hydrogens (tertiary/aromatic N) is 1. The van der Waals surface area contributed by atoms with Gasteiger partial charge in [-0.3, -0.25) is 0 Å². The van der Waals surface area contributed by atoms with Crippen LogP contribution in [0.1, 0.15) is 5.56 Å². The largest absolute Gasteiger partial charge is 0.200 e. The van der Waals surface area contributed by atoms with Crippen molar-refractivity contribution in [1.82, 2.24) is 0 Å². The summed E-state index contributed by atoms with van der Waals surface area (Å²) >= 11 is 5.95. The van der Waals surface area contributed by atoms with Crippen LogP contribution < -0.4 is 0 Å². The van der Waals surface area contributed by atoms with Crippen molar-refractivity contribution in [2.75, 3.05) is 0 Å². The maximum atomic E-state index is 5.95. The fourth-order valence-corrected chi connectivity index (χ4v) is 4.12. The van der Waals surface area contributed by atoms with Gasteiger partial charge in [0.15, 0.2) is 0 Å². The molecule has 0 amide bonds. The second kappa shape index (κ2) is 3.22. The number of aryl methyl sites for hydroxylation is 1. The third-order valence-electron chi connectivity index (χ3n) is 1.57. The summed E-state index contributed by atoms with van der Waals surface area (Å²) < 4.78 is 4.25. The zero-order chi connectivity index (χ0) is 8.72. The zero-order valence-electron chi connectivity index (χ0n) is 6.17. The Morgan fingerprint density at radius 2 is 2.25 bits per heavy atom. The molecule has 0 saturated heterocycles. The smallest absolute Gasteiger partial charge is 0.0875 e. The molecule has 12 heavy (non-hydrogen) atoms. The van der Waals surface area contributed by atoms with Gasteiger partial charge in [-0.2, -0.15) is 0 Å². The molecule has 2 rings (SSSR count). The normalized spacial score (nSPS) is 20.4. The Bertz CT molecular complexity index is 376. The molecule has 0 aromatic heterocycles. The van der Waals surface area contributed by atoms with Crippen LogP contribution >= 0.6 is 33.1 Å². The van der Waals surface area contributed by atoms with Crippen molar-refractivity contribution in [2.45, 2.75) is 11.8 Å². The van der Waals surface area contributed by atoms with E-state index in [2.05, 4.69) is 4.36 Å². The van der Waals surface area contributed by atoms with Gasteiger partial charge >= 0.3 is 0 Å². The number of halogens is 2. The first kappa shape index (κ1) is 8.88. The van der Waals surface area contributed by atoms with E-state index < -0.39 is 8.94 Å². The van der Waals surface area contributed by atoms with Gasteiger partial charge in [0.1, 0.15) is 0 Å². The summed E-state index contributed by atoms with van der Waals surface area (Å²) in [5.41, 5.74) is 2.02. The Morgan fingerprint density at radius 1 is 1.50 bits per heavy atom. The quantitative estimate of drug-likeness (QED) is 0.615. The van der Waals surface area contributed by atoms with Crippen LogP contribution in [0.5, 0.6) is 0 Å². The first-order chi connectivity index (χ1) is 5.66. The van der Waals surface area contributed by atoms with Crippen LogP contribution in [0.25, 0.3) is 0 Å². The van der Waals surface area contributed by atoms with Gasteiger partial charge in [-0.25, -0.2) is 4.36 Å². The van der Waals surface area contributed by atoms with E-state index in [1.165, 1.54) is 0 Å². The molecular weight excluding hydrogens is 233 g/mol. The monoisotopic (exact) mass is 237 g/mol. The molecule has 0 saturated carbocycles. The topological polar surface area (TPSA) is 12.4 Å². The molecule has 1 heterocycles. The van der Waals surface area contributed by atoms with Gasteiger partial charge in [0.2, 0.25) is 0 Å². The van der Waals surface area contributed by atoms with Crippen molar-refractivity contribution >= 4 is 47.7 Å². The van der Waals surface area contributed by atoms with Gasteiger partial charge in [0, 0.05) is 9.92 Å². The Hall–Kier alpha value is 0.300. The Balaban J connectivity index is 2.57. The molecule has 1 aliphatic heterocycles. The Labute approximate surface area is 86.5 Å². The lowest BCUT2D eigenvalue weighted by molar-refractivity contribution is 1.35. The average Bonchev–Trinajstić information content (AvgIpc) is 2.30. The summed E-state index contributed by atoms with van der Waals surface area (Å²) in [6.45, 7) is 1.97. The molecule has 0 fully saturated rings. The third kappa shape index (κ3) is 1.51. The number of hydrogen-bond donors (Lipinski definition) is 0. The molecule has 1 aromatic carbocycles. The maximum absolute atomic E-state index is 5.95. The number of rotatable bonds is 0. The summed E-state index contributed by atoms with van der Waals surface area (Å²) in [5, 5.41) is 0.784. The van der Waals surface area contributed by atoms with Crippen LogP contribution in [-0.2, 0) is 8.94 Å². The second-order valence-electron chi connectivity index (χ2n) is 2.45. The van der Waals surface area contributed by atoms with E-state index in [1.807, 2.05) is 19.1 Å². The van der Waals surface area contributed by atoms with Crippen molar-refractivity contribution in [2.24, 2.45) is 4.36 Å². The zero-order valence-corrected chi connectivity index (χ0v) is 9.32. The molecule has 1 aliphatic rings. The van der Waals surface area contributed by atoms with Crippen molar-refractivity contribution in [3.8, 4) is 0 Å². The summed E-state index contributed by atoms with van der Waals surface area (Å²) in [6.07, 6.45) is 0. The van der Waals surface area contributed by atoms with E-state index in [0.717, 1.165) is 21.2 Å². The molecule has 0 radical (unpaired) electrons. The summed E-state index contributed by atoms with van der Waals surface area (Å²) in [7, 11) is 6.99. The molecule has 0 aliphatic carbocycles. The van der Waals surface area contributed by atoms with Gasteiger partial charge in [0.25, 0.3) is 0 Å². The van der Waals surface area contributed by atoms with Crippen LogP contribution in [0, 0.1) is 6.92 Å². The molecule has 64 valence electrons. The van der Waals surface area contributed by atoms with Crippen molar-refractivity contribution < 1.29 is 0 Å². The Morgan fingerprint density at radius 3 is 3.00 bits per heavy atom. The summed E-state index contributed by atoms with van der Waals surface area (Å²) in [4.78, 5) is 1.09. The summed E-state index contributed by atoms with van der Waals surface area (Å²) in [5.74, 6) is 0. The minimum Gasteiger partial charge on any atom is -0.200 e. The van der Waals surface area contributed by atoms with Crippen molar-refractivity contribution in [1.29, 1.82) is 0 Å². The molecule has 1 nitrogen and oxygen atoms in total. The maximum Gasteiger partial charge on any atom is 0.0875 e. The van der Waals surface area contributed by atoms with E-state index in [1.54, 1.807) is 10.8 Å². The fraction of sp³-hybridized carbons (Fsp3) is 0.143. The minimum absolute atomic E-state index is 0.431. The van der Waals surface area contributed by atoms with Crippen molar-refractivity contribution in [3.63, 3.8) is 0 Å². The van der Waals surface area contributed by atoms with E-state index in [9.17, 15) is 0 Å². The second-order valence-corrected chi connectivity index (χ2v) is 6.93. The first-order valence-corrected chi connectivity index (χ1v) is 6.99. The Kier molecular flexibility index (Phi) is 2.38. The SMILES string of the molecule is Cc1cc2c(cc1Cl)SS(Cl)=N2. The fourth-order valence-electron chi connectivity index (χ4n) is 0.956. The predicted molar refractivity (Wildman–Crippen MR) is 57.4 cm³/mol. The van der Waals surface area contributed by atoms with E-state index in [0.29, 0.717) is 0 Å². The third-order valence-corrected chi connectivity index (χ3v) is 4.91. The van der Waals surface area contributed by atoms with E-state index in [4.69, 9.17) is 22.3 Å². The number of fused-ring (bicyclic) bond motifs is 1.